The van der Waals surface area contributed by atoms with E-state index in [4.69, 9.17) is 33.7 Å². The van der Waals surface area contributed by atoms with Crippen molar-refractivity contribution >= 4 is 28.9 Å². The van der Waals surface area contributed by atoms with Gasteiger partial charge in [0.15, 0.2) is 17.3 Å². The third kappa shape index (κ3) is 2.49. The molecule has 0 aliphatic heterocycles. The quantitative estimate of drug-likeness (QED) is 0.817. The summed E-state index contributed by atoms with van der Waals surface area (Å²) >= 11 is 11.5. The van der Waals surface area contributed by atoms with Crippen molar-refractivity contribution in [2.75, 3.05) is 5.73 Å². The van der Waals surface area contributed by atoms with Gasteiger partial charge in [-0.15, -0.1) is 0 Å². The van der Waals surface area contributed by atoms with Crippen LogP contribution in [0, 0.1) is 11.6 Å². The fourth-order valence-corrected chi connectivity index (χ4v) is 1.64. The number of anilines is 1. The average molecular weight is 290 g/mol. The summed E-state index contributed by atoms with van der Waals surface area (Å²) < 4.78 is 31.6. The SMILES string of the molecule is Nc1cc(Cl)c(Cl)cc1Oc1cccc(F)c1F. The van der Waals surface area contributed by atoms with E-state index in [2.05, 4.69) is 0 Å². The molecule has 94 valence electrons. The molecule has 2 aromatic rings. The number of rotatable bonds is 2. The summed E-state index contributed by atoms with van der Waals surface area (Å²) in [6, 6.07) is 6.29. The maximum Gasteiger partial charge on any atom is 0.201 e. The fraction of sp³-hybridized carbons (Fsp3) is 0. The summed E-state index contributed by atoms with van der Waals surface area (Å²) in [5.41, 5.74) is 5.82. The Bertz CT molecular complexity index is 605. The molecule has 0 aromatic heterocycles. The van der Waals surface area contributed by atoms with Gasteiger partial charge in [0.1, 0.15) is 0 Å². The van der Waals surface area contributed by atoms with Crippen LogP contribution in [0.4, 0.5) is 14.5 Å². The Balaban J connectivity index is 2.40. The summed E-state index contributed by atoms with van der Waals surface area (Å²) in [5, 5.41) is 0.457. The van der Waals surface area contributed by atoms with Crippen molar-refractivity contribution in [1.29, 1.82) is 0 Å². The molecule has 0 radical (unpaired) electrons. The zero-order valence-corrected chi connectivity index (χ0v) is 10.4. The first kappa shape index (κ1) is 12.9. The van der Waals surface area contributed by atoms with Gasteiger partial charge in [-0.25, -0.2) is 4.39 Å². The van der Waals surface area contributed by atoms with Gasteiger partial charge in [0.2, 0.25) is 5.82 Å². The van der Waals surface area contributed by atoms with Crippen molar-refractivity contribution in [2.24, 2.45) is 0 Å². The maximum absolute atomic E-state index is 13.4. The van der Waals surface area contributed by atoms with Crippen LogP contribution in [0.3, 0.4) is 0 Å². The topological polar surface area (TPSA) is 35.2 Å². The minimum Gasteiger partial charge on any atom is -0.452 e. The van der Waals surface area contributed by atoms with Gasteiger partial charge in [-0.3, -0.25) is 0 Å². The average Bonchev–Trinajstić information content (AvgIpc) is 2.32. The van der Waals surface area contributed by atoms with E-state index < -0.39 is 11.6 Å². The zero-order valence-electron chi connectivity index (χ0n) is 8.88. The lowest BCUT2D eigenvalue weighted by atomic mass is 10.3. The van der Waals surface area contributed by atoms with Crippen LogP contribution in [-0.4, -0.2) is 0 Å². The monoisotopic (exact) mass is 289 g/mol. The highest BCUT2D eigenvalue weighted by Gasteiger charge is 2.12. The molecule has 0 unspecified atom stereocenters. The Morgan fingerprint density at radius 2 is 1.67 bits per heavy atom. The predicted molar refractivity (Wildman–Crippen MR) is 67.3 cm³/mol. The molecule has 18 heavy (non-hydrogen) atoms. The highest BCUT2D eigenvalue weighted by Crippen LogP contribution is 2.35. The summed E-state index contributed by atoms with van der Waals surface area (Å²) in [5.74, 6) is -2.27. The molecular weight excluding hydrogens is 283 g/mol. The van der Waals surface area contributed by atoms with E-state index in [1.165, 1.54) is 24.3 Å². The molecule has 6 heteroatoms. The second-order valence-electron chi connectivity index (χ2n) is 3.46. The molecule has 0 saturated carbocycles. The number of hydrogen-bond donors (Lipinski definition) is 1. The van der Waals surface area contributed by atoms with Gasteiger partial charge in [-0.2, -0.15) is 4.39 Å². The Morgan fingerprint density at radius 3 is 2.39 bits per heavy atom. The Kier molecular flexibility index (Phi) is 3.59. The molecule has 0 amide bonds. The van der Waals surface area contributed by atoms with Crippen LogP contribution in [0.2, 0.25) is 10.0 Å². The van der Waals surface area contributed by atoms with Gasteiger partial charge in [-0.05, 0) is 18.2 Å². The molecule has 0 bridgehead atoms. The molecule has 2 aromatic carbocycles. The Hall–Kier alpha value is -1.52. The standard InChI is InChI=1S/C12H7Cl2F2NO/c13-6-4-9(17)11(5-7(6)14)18-10-3-1-2-8(15)12(10)16/h1-5H,17H2. The lowest BCUT2D eigenvalue weighted by Gasteiger charge is -2.10. The van der Waals surface area contributed by atoms with Crippen LogP contribution < -0.4 is 10.5 Å². The summed E-state index contributed by atoms with van der Waals surface area (Å²) in [7, 11) is 0. The van der Waals surface area contributed by atoms with Gasteiger partial charge in [0.25, 0.3) is 0 Å². The van der Waals surface area contributed by atoms with Crippen LogP contribution in [0.1, 0.15) is 0 Å². The molecule has 0 spiro atoms. The van der Waals surface area contributed by atoms with Crippen molar-refractivity contribution in [3.63, 3.8) is 0 Å². The van der Waals surface area contributed by atoms with E-state index in [9.17, 15) is 8.78 Å². The number of nitrogens with two attached hydrogens (primary N) is 1. The third-order valence-corrected chi connectivity index (χ3v) is 2.91. The first-order chi connectivity index (χ1) is 8.49. The normalized spacial score (nSPS) is 10.4. The molecule has 0 atom stereocenters. The van der Waals surface area contributed by atoms with E-state index in [1.54, 1.807) is 0 Å². The molecule has 2 nitrogen and oxygen atoms in total. The number of hydrogen-bond acceptors (Lipinski definition) is 2. The number of ether oxygens (including phenoxy) is 1. The number of benzene rings is 2. The van der Waals surface area contributed by atoms with Crippen molar-refractivity contribution in [3.05, 3.63) is 52.0 Å². The van der Waals surface area contributed by atoms with Crippen LogP contribution in [-0.2, 0) is 0 Å². The summed E-state index contributed by atoms with van der Waals surface area (Å²) in [6.07, 6.45) is 0. The molecule has 2 rings (SSSR count). The largest absolute Gasteiger partial charge is 0.452 e. The van der Waals surface area contributed by atoms with Gasteiger partial charge < -0.3 is 10.5 Å². The fourth-order valence-electron chi connectivity index (χ4n) is 1.31. The minimum atomic E-state index is -1.09. The molecular formula is C12H7Cl2F2NO. The van der Waals surface area contributed by atoms with E-state index >= 15 is 0 Å². The number of nitrogen functional groups attached to an aromatic ring is 1. The second-order valence-corrected chi connectivity index (χ2v) is 4.27. The van der Waals surface area contributed by atoms with Crippen LogP contribution in [0.5, 0.6) is 11.5 Å². The van der Waals surface area contributed by atoms with Crippen molar-refractivity contribution in [3.8, 4) is 11.5 Å². The van der Waals surface area contributed by atoms with E-state index in [1.807, 2.05) is 0 Å². The zero-order chi connectivity index (χ0) is 13.3. The molecule has 0 fully saturated rings. The first-order valence-electron chi connectivity index (χ1n) is 4.85. The molecule has 0 heterocycles. The van der Waals surface area contributed by atoms with Crippen molar-refractivity contribution < 1.29 is 13.5 Å². The van der Waals surface area contributed by atoms with Gasteiger partial charge in [0, 0.05) is 6.07 Å². The lowest BCUT2D eigenvalue weighted by Crippen LogP contribution is -1.95. The minimum absolute atomic E-state index is 0.105. The van der Waals surface area contributed by atoms with E-state index in [0.717, 1.165) is 6.07 Å². The Morgan fingerprint density at radius 1 is 1.00 bits per heavy atom. The van der Waals surface area contributed by atoms with Crippen molar-refractivity contribution in [2.45, 2.75) is 0 Å². The van der Waals surface area contributed by atoms with Crippen LogP contribution in [0.25, 0.3) is 0 Å². The van der Waals surface area contributed by atoms with Gasteiger partial charge in [-0.1, -0.05) is 29.3 Å². The van der Waals surface area contributed by atoms with Crippen molar-refractivity contribution in [1.82, 2.24) is 0 Å². The van der Waals surface area contributed by atoms with Gasteiger partial charge in [0.05, 0.1) is 15.7 Å². The highest BCUT2D eigenvalue weighted by molar-refractivity contribution is 6.42. The Labute approximate surface area is 112 Å². The predicted octanol–water partition coefficient (Wildman–Crippen LogP) is 4.65. The molecule has 0 aliphatic rings. The third-order valence-electron chi connectivity index (χ3n) is 2.19. The lowest BCUT2D eigenvalue weighted by molar-refractivity contribution is 0.417. The molecule has 2 N–H and O–H groups in total. The van der Waals surface area contributed by atoms with Crippen LogP contribution in [0.15, 0.2) is 30.3 Å². The van der Waals surface area contributed by atoms with Gasteiger partial charge >= 0.3 is 0 Å². The molecule has 0 aliphatic carbocycles. The summed E-state index contributed by atoms with van der Waals surface area (Å²) in [4.78, 5) is 0. The first-order valence-corrected chi connectivity index (χ1v) is 5.61. The van der Waals surface area contributed by atoms with Crippen LogP contribution >= 0.6 is 23.2 Å². The molecule has 0 saturated heterocycles. The summed E-state index contributed by atoms with van der Waals surface area (Å²) in [6.45, 7) is 0. The highest BCUT2D eigenvalue weighted by atomic mass is 35.5. The number of halogens is 4. The maximum atomic E-state index is 13.4. The van der Waals surface area contributed by atoms with E-state index in [-0.39, 0.29) is 27.2 Å². The smallest absolute Gasteiger partial charge is 0.201 e. The second kappa shape index (κ2) is 5.00. The van der Waals surface area contributed by atoms with E-state index in [0.29, 0.717) is 0 Å².